The molecule has 0 saturated carbocycles. The third-order valence-electron chi connectivity index (χ3n) is 2.54. The van der Waals surface area contributed by atoms with Crippen molar-refractivity contribution in [1.29, 1.82) is 0 Å². The maximum Gasteiger partial charge on any atom is 0.258 e. The van der Waals surface area contributed by atoms with E-state index in [1.807, 2.05) is 0 Å². The number of aromatic amines is 1. The van der Waals surface area contributed by atoms with Gasteiger partial charge in [-0.25, -0.2) is 0 Å². The minimum absolute atomic E-state index is 0.0776. The zero-order chi connectivity index (χ0) is 12.6. The molecule has 0 fully saturated rings. The molecular weight excluding hydrogens is 220 g/mol. The van der Waals surface area contributed by atoms with Gasteiger partial charge in [-0.1, -0.05) is 0 Å². The highest BCUT2D eigenvalue weighted by molar-refractivity contribution is 5.41. The zero-order valence-electron chi connectivity index (χ0n) is 9.52. The van der Waals surface area contributed by atoms with Gasteiger partial charge in [0.05, 0.1) is 5.69 Å². The fourth-order valence-electron chi connectivity index (χ4n) is 1.77. The molecule has 5 heteroatoms. The summed E-state index contributed by atoms with van der Waals surface area (Å²) in [4.78, 5) is 25.6. The third-order valence-corrected chi connectivity index (χ3v) is 2.54. The molecule has 2 aromatic rings. The molecule has 0 aliphatic heterocycles. The minimum Gasteiger partial charge on any atom is -0.508 e. The smallest absolute Gasteiger partial charge is 0.258 e. The number of nitrogens with zero attached hydrogens (tertiary/aromatic N) is 1. The number of pyridine rings is 2. The number of aryl methyl sites for hydroxylation is 2. The molecule has 5 nitrogen and oxygen atoms in total. The van der Waals surface area contributed by atoms with Gasteiger partial charge in [-0.05, 0) is 25.5 Å². The Morgan fingerprint density at radius 3 is 2.53 bits per heavy atom. The van der Waals surface area contributed by atoms with Gasteiger partial charge in [0.25, 0.3) is 5.56 Å². The van der Waals surface area contributed by atoms with Crippen LogP contribution in [-0.4, -0.2) is 14.7 Å². The lowest BCUT2D eigenvalue weighted by Crippen LogP contribution is -2.22. The molecule has 0 amide bonds. The average Bonchev–Trinajstić information content (AvgIpc) is 2.21. The predicted octanol–water partition coefficient (Wildman–Crippen LogP) is 0.848. The summed E-state index contributed by atoms with van der Waals surface area (Å²) < 4.78 is 1.39. The van der Waals surface area contributed by atoms with Crippen LogP contribution >= 0.6 is 0 Å². The molecule has 2 N–H and O–H groups in total. The van der Waals surface area contributed by atoms with E-state index in [-0.39, 0.29) is 16.9 Å². The van der Waals surface area contributed by atoms with Crippen molar-refractivity contribution < 1.29 is 5.11 Å². The number of aromatic nitrogens is 2. The van der Waals surface area contributed by atoms with E-state index in [0.29, 0.717) is 11.4 Å². The van der Waals surface area contributed by atoms with Gasteiger partial charge in [0.1, 0.15) is 5.75 Å². The van der Waals surface area contributed by atoms with E-state index >= 15 is 0 Å². The van der Waals surface area contributed by atoms with E-state index in [0.717, 1.165) is 11.6 Å². The van der Waals surface area contributed by atoms with Crippen LogP contribution in [0.15, 0.2) is 34.0 Å². The monoisotopic (exact) mass is 232 g/mol. The Bertz CT molecular complexity index is 683. The normalized spacial score (nSPS) is 10.5. The lowest BCUT2D eigenvalue weighted by Gasteiger charge is -2.11. The first kappa shape index (κ1) is 11.2. The molecule has 0 atom stereocenters. The Morgan fingerprint density at radius 1 is 1.18 bits per heavy atom. The first-order valence-corrected chi connectivity index (χ1v) is 5.11. The Labute approximate surface area is 97.0 Å². The number of rotatable bonds is 1. The summed E-state index contributed by atoms with van der Waals surface area (Å²) in [6.07, 6.45) is 1.55. The van der Waals surface area contributed by atoms with Crippen LogP contribution in [0.3, 0.4) is 0 Å². The van der Waals surface area contributed by atoms with Crippen molar-refractivity contribution in [2.24, 2.45) is 0 Å². The summed E-state index contributed by atoms with van der Waals surface area (Å²) in [7, 11) is 0. The van der Waals surface area contributed by atoms with Crippen LogP contribution in [0.2, 0.25) is 0 Å². The molecule has 0 unspecified atom stereocenters. The van der Waals surface area contributed by atoms with Crippen molar-refractivity contribution in [1.82, 2.24) is 9.55 Å². The van der Waals surface area contributed by atoms with Crippen LogP contribution in [-0.2, 0) is 0 Å². The van der Waals surface area contributed by atoms with Gasteiger partial charge in [0, 0.05) is 24.0 Å². The first-order valence-electron chi connectivity index (χ1n) is 5.11. The molecule has 0 saturated heterocycles. The second kappa shape index (κ2) is 3.93. The van der Waals surface area contributed by atoms with Gasteiger partial charge in [0.15, 0.2) is 0 Å². The van der Waals surface area contributed by atoms with Gasteiger partial charge in [0.2, 0.25) is 5.56 Å². The Hall–Kier alpha value is -2.30. The maximum atomic E-state index is 11.8. The lowest BCUT2D eigenvalue weighted by atomic mass is 10.2. The number of hydrogen-bond donors (Lipinski definition) is 2. The Balaban J connectivity index is 2.82. The third kappa shape index (κ3) is 1.99. The second-order valence-corrected chi connectivity index (χ2v) is 3.89. The fourth-order valence-corrected chi connectivity index (χ4v) is 1.77. The summed E-state index contributed by atoms with van der Waals surface area (Å²) >= 11 is 0. The summed E-state index contributed by atoms with van der Waals surface area (Å²) in [5, 5.41) is 9.31. The van der Waals surface area contributed by atoms with E-state index in [9.17, 15) is 14.7 Å². The van der Waals surface area contributed by atoms with Crippen molar-refractivity contribution in [2.45, 2.75) is 13.8 Å². The fraction of sp³-hybridized carbons (Fsp3) is 0.167. The van der Waals surface area contributed by atoms with Gasteiger partial charge in [-0.2, -0.15) is 0 Å². The highest BCUT2D eigenvalue weighted by Crippen LogP contribution is 2.14. The van der Waals surface area contributed by atoms with Crippen molar-refractivity contribution in [3.63, 3.8) is 0 Å². The molecule has 0 radical (unpaired) electrons. The molecule has 2 heterocycles. The molecule has 88 valence electrons. The van der Waals surface area contributed by atoms with Crippen molar-refractivity contribution in [2.75, 3.05) is 0 Å². The summed E-state index contributed by atoms with van der Waals surface area (Å²) in [6, 6.07) is 3.95. The molecule has 2 aromatic heterocycles. The van der Waals surface area contributed by atoms with Crippen LogP contribution in [0, 0.1) is 13.8 Å². The predicted molar refractivity (Wildman–Crippen MR) is 63.8 cm³/mol. The van der Waals surface area contributed by atoms with Gasteiger partial charge in [-0.3, -0.25) is 14.2 Å². The van der Waals surface area contributed by atoms with Gasteiger partial charge in [-0.15, -0.1) is 0 Å². The molecule has 0 bridgehead atoms. The second-order valence-electron chi connectivity index (χ2n) is 3.89. The molecule has 0 aliphatic carbocycles. The van der Waals surface area contributed by atoms with Crippen LogP contribution in [0.4, 0.5) is 0 Å². The van der Waals surface area contributed by atoms with E-state index in [4.69, 9.17) is 0 Å². The highest BCUT2D eigenvalue weighted by atomic mass is 16.3. The van der Waals surface area contributed by atoms with Crippen LogP contribution in [0.25, 0.3) is 5.69 Å². The SMILES string of the molecule is Cc1c[nH]c(=O)cc1-n1c(C)cc(O)cc1=O. The number of hydrogen-bond acceptors (Lipinski definition) is 3. The largest absolute Gasteiger partial charge is 0.508 e. The molecule has 17 heavy (non-hydrogen) atoms. The van der Waals surface area contributed by atoms with Crippen molar-refractivity contribution >= 4 is 0 Å². The lowest BCUT2D eigenvalue weighted by molar-refractivity contribution is 0.472. The van der Waals surface area contributed by atoms with E-state index in [1.54, 1.807) is 20.0 Å². The Kier molecular flexibility index (Phi) is 2.59. The standard InChI is InChI=1S/C12H12N2O3/c1-7-6-13-11(16)5-10(7)14-8(2)3-9(15)4-12(14)17/h3-6,15H,1-2H3,(H,13,16). The van der Waals surface area contributed by atoms with E-state index in [1.165, 1.54) is 16.7 Å². The Morgan fingerprint density at radius 2 is 1.88 bits per heavy atom. The summed E-state index contributed by atoms with van der Waals surface area (Å²) in [5.41, 5.74) is 1.24. The van der Waals surface area contributed by atoms with E-state index < -0.39 is 0 Å². The van der Waals surface area contributed by atoms with Crippen LogP contribution in [0.1, 0.15) is 11.3 Å². The highest BCUT2D eigenvalue weighted by Gasteiger charge is 2.08. The van der Waals surface area contributed by atoms with Crippen LogP contribution in [0.5, 0.6) is 5.75 Å². The molecule has 0 spiro atoms. The minimum atomic E-state index is -0.365. The molecule has 2 rings (SSSR count). The van der Waals surface area contributed by atoms with E-state index in [2.05, 4.69) is 4.98 Å². The zero-order valence-corrected chi connectivity index (χ0v) is 9.52. The molecule has 0 aliphatic rings. The number of H-pyrrole nitrogens is 1. The average molecular weight is 232 g/mol. The molecular formula is C12H12N2O3. The van der Waals surface area contributed by atoms with Crippen LogP contribution < -0.4 is 11.1 Å². The van der Waals surface area contributed by atoms with Gasteiger partial charge >= 0.3 is 0 Å². The quantitative estimate of drug-likeness (QED) is 0.765. The summed E-state index contributed by atoms with van der Waals surface area (Å²) in [6.45, 7) is 3.49. The molecule has 0 aromatic carbocycles. The summed E-state index contributed by atoms with van der Waals surface area (Å²) in [5.74, 6) is -0.0776. The first-order chi connectivity index (χ1) is 7.99. The van der Waals surface area contributed by atoms with Gasteiger partial charge < -0.3 is 10.1 Å². The van der Waals surface area contributed by atoms with Crippen molar-refractivity contribution in [3.8, 4) is 11.4 Å². The van der Waals surface area contributed by atoms with Crippen molar-refractivity contribution in [3.05, 3.63) is 56.4 Å². The number of nitrogens with one attached hydrogen (secondary N) is 1. The topological polar surface area (TPSA) is 75.1 Å². The number of aromatic hydroxyl groups is 1. The maximum absolute atomic E-state index is 11.8.